The number of halogens is 1. The zero-order valence-corrected chi connectivity index (χ0v) is 8.81. The number of anilines is 2. The van der Waals surface area contributed by atoms with Gasteiger partial charge < -0.3 is 5.32 Å². The van der Waals surface area contributed by atoms with E-state index < -0.39 is 6.08 Å². The Kier molecular flexibility index (Phi) is 3.05. The van der Waals surface area contributed by atoms with Crippen LogP contribution in [-0.2, 0) is 6.42 Å². The van der Waals surface area contributed by atoms with E-state index in [4.69, 9.17) is 0 Å². The molecular weight excluding hydrogens is 207 g/mol. The summed E-state index contributed by atoms with van der Waals surface area (Å²) in [5.41, 5.74) is 2.01. The van der Waals surface area contributed by atoms with E-state index in [1.807, 2.05) is 24.3 Å². The Morgan fingerprint density at radius 3 is 2.81 bits per heavy atom. The summed E-state index contributed by atoms with van der Waals surface area (Å²) < 4.78 is 12.8. The Hall–Kier alpha value is -2.04. The van der Waals surface area contributed by atoms with E-state index in [-0.39, 0.29) is 5.95 Å². The van der Waals surface area contributed by atoms with E-state index in [2.05, 4.69) is 27.2 Å². The van der Waals surface area contributed by atoms with E-state index in [0.29, 0.717) is 0 Å². The maximum absolute atomic E-state index is 12.8. The number of rotatable bonds is 3. The highest BCUT2D eigenvalue weighted by Crippen LogP contribution is 2.18. The fourth-order valence-electron chi connectivity index (χ4n) is 1.41. The van der Waals surface area contributed by atoms with E-state index in [1.165, 1.54) is 0 Å². The van der Waals surface area contributed by atoms with Gasteiger partial charge in [-0.15, -0.1) is 0 Å². The molecule has 82 valence electrons. The Balaban J connectivity index is 2.26. The summed E-state index contributed by atoms with van der Waals surface area (Å²) in [6.07, 6.45) is 1.24. The molecule has 2 aromatic rings. The van der Waals surface area contributed by atoms with Gasteiger partial charge in [-0.1, -0.05) is 25.1 Å². The first-order chi connectivity index (χ1) is 7.79. The van der Waals surface area contributed by atoms with Crippen LogP contribution in [0, 0.1) is 6.08 Å². The Bertz CT molecular complexity index is 487. The van der Waals surface area contributed by atoms with Crippen molar-refractivity contribution in [2.45, 2.75) is 13.3 Å². The third-order valence-electron chi connectivity index (χ3n) is 2.19. The second kappa shape index (κ2) is 4.65. The predicted molar refractivity (Wildman–Crippen MR) is 58.9 cm³/mol. The molecular formula is C11H11FN4. The highest BCUT2D eigenvalue weighted by Gasteiger charge is 2.03. The van der Waals surface area contributed by atoms with Gasteiger partial charge in [0.1, 0.15) is 6.33 Å². The molecule has 0 spiro atoms. The molecule has 1 aromatic carbocycles. The number of nitrogens with one attached hydrogen (secondary N) is 1. The molecule has 0 amide bonds. The summed E-state index contributed by atoms with van der Waals surface area (Å²) in [6.45, 7) is 2.05. The van der Waals surface area contributed by atoms with Gasteiger partial charge in [-0.05, 0) is 18.1 Å². The summed E-state index contributed by atoms with van der Waals surface area (Å²) in [7, 11) is 0. The van der Waals surface area contributed by atoms with Gasteiger partial charge in [0.25, 0.3) is 0 Å². The largest absolute Gasteiger partial charge is 0.324 e. The van der Waals surface area contributed by atoms with E-state index in [1.54, 1.807) is 0 Å². The van der Waals surface area contributed by atoms with Gasteiger partial charge in [-0.25, -0.2) is 4.98 Å². The van der Waals surface area contributed by atoms with Gasteiger partial charge in [0.05, 0.1) is 0 Å². The van der Waals surface area contributed by atoms with Gasteiger partial charge in [-0.3, -0.25) is 0 Å². The van der Waals surface area contributed by atoms with Crippen LogP contribution in [0.15, 0.2) is 30.6 Å². The van der Waals surface area contributed by atoms with Crippen molar-refractivity contribution in [2.75, 3.05) is 5.32 Å². The van der Waals surface area contributed by atoms with Crippen LogP contribution in [0.25, 0.3) is 0 Å². The maximum Gasteiger partial charge on any atom is 0.313 e. The molecule has 0 fully saturated rings. The maximum atomic E-state index is 12.8. The van der Waals surface area contributed by atoms with E-state index >= 15 is 0 Å². The fraction of sp³-hybridized carbons (Fsp3) is 0.182. The van der Waals surface area contributed by atoms with Crippen molar-refractivity contribution in [1.29, 1.82) is 0 Å². The SMILES string of the molecule is CCc1ccccc1Nc1ncnc(F)n1. The van der Waals surface area contributed by atoms with Crippen LogP contribution in [0.3, 0.4) is 0 Å². The summed E-state index contributed by atoms with van der Waals surface area (Å²) in [6, 6.07) is 7.76. The molecule has 2 rings (SSSR count). The normalized spacial score (nSPS) is 10.1. The highest BCUT2D eigenvalue weighted by molar-refractivity contribution is 5.58. The summed E-state index contributed by atoms with van der Waals surface area (Å²) >= 11 is 0. The van der Waals surface area contributed by atoms with Gasteiger partial charge in [0, 0.05) is 5.69 Å². The van der Waals surface area contributed by atoms with Gasteiger partial charge in [-0.2, -0.15) is 14.4 Å². The van der Waals surface area contributed by atoms with Crippen LogP contribution < -0.4 is 5.32 Å². The Morgan fingerprint density at radius 1 is 1.25 bits per heavy atom. The highest BCUT2D eigenvalue weighted by atomic mass is 19.1. The number of para-hydroxylation sites is 1. The smallest absolute Gasteiger partial charge is 0.313 e. The molecule has 0 unspecified atom stereocenters. The van der Waals surface area contributed by atoms with Crippen LogP contribution in [0.4, 0.5) is 16.0 Å². The number of nitrogens with zero attached hydrogens (tertiary/aromatic N) is 3. The number of aromatic nitrogens is 3. The summed E-state index contributed by atoms with van der Waals surface area (Å²) in [5.74, 6) is 0.216. The predicted octanol–water partition coefficient (Wildman–Crippen LogP) is 2.32. The quantitative estimate of drug-likeness (QED) is 0.858. The molecule has 0 bridgehead atoms. The van der Waals surface area contributed by atoms with Crippen molar-refractivity contribution >= 4 is 11.6 Å². The number of hydrogen-bond acceptors (Lipinski definition) is 4. The van der Waals surface area contributed by atoms with Crippen LogP contribution >= 0.6 is 0 Å². The Morgan fingerprint density at radius 2 is 2.06 bits per heavy atom. The van der Waals surface area contributed by atoms with Gasteiger partial charge in [0.2, 0.25) is 5.95 Å². The number of aryl methyl sites for hydroxylation is 1. The molecule has 0 radical (unpaired) electrons. The molecule has 0 aliphatic rings. The molecule has 4 nitrogen and oxygen atoms in total. The second-order valence-corrected chi connectivity index (χ2v) is 3.21. The van der Waals surface area contributed by atoms with Crippen LogP contribution in [0.2, 0.25) is 0 Å². The molecule has 1 heterocycles. The first-order valence-electron chi connectivity index (χ1n) is 4.99. The zero-order chi connectivity index (χ0) is 11.4. The van der Waals surface area contributed by atoms with Crippen molar-refractivity contribution in [3.8, 4) is 0 Å². The molecule has 1 aromatic heterocycles. The summed E-state index contributed by atoms with van der Waals surface area (Å²) in [5, 5.41) is 2.96. The van der Waals surface area contributed by atoms with E-state index in [0.717, 1.165) is 24.0 Å². The molecule has 1 N–H and O–H groups in total. The third-order valence-corrected chi connectivity index (χ3v) is 2.19. The Labute approximate surface area is 92.6 Å². The number of benzene rings is 1. The lowest BCUT2D eigenvalue weighted by atomic mass is 10.1. The molecule has 0 aliphatic heterocycles. The van der Waals surface area contributed by atoms with Gasteiger partial charge in [0.15, 0.2) is 0 Å². The molecule has 0 saturated carbocycles. The van der Waals surface area contributed by atoms with E-state index in [9.17, 15) is 4.39 Å². The minimum absolute atomic E-state index is 0.216. The van der Waals surface area contributed by atoms with Crippen molar-refractivity contribution in [3.05, 3.63) is 42.2 Å². The van der Waals surface area contributed by atoms with Crippen molar-refractivity contribution in [1.82, 2.24) is 15.0 Å². The van der Waals surface area contributed by atoms with Crippen LogP contribution in [0.1, 0.15) is 12.5 Å². The van der Waals surface area contributed by atoms with Gasteiger partial charge >= 0.3 is 6.08 Å². The minimum atomic E-state index is -0.786. The second-order valence-electron chi connectivity index (χ2n) is 3.21. The first kappa shape index (κ1) is 10.5. The molecule has 0 aliphatic carbocycles. The first-order valence-corrected chi connectivity index (χ1v) is 4.99. The third kappa shape index (κ3) is 2.31. The fourth-order valence-corrected chi connectivity index (χ4v) is 1.41. The van der Waals surface area contributed by atoms with Crippen molar-refractivity contribution in [3.63, 3.8) is 0 Å². The lowest BCUT2D eigenvalue weighted by Gasteiger charge is -2.08. The standard InChI is InChI=1S/C11H11FN4/c1-2-8-5-3-4-6-9(8)15-11-14-7-13-10(12)16-11/h3-7H,2H2,1H3,(H,13,14,15,16). The molecule has 0 saturated heterocycles. The van der Waals surface area contributed by atoms with Crippen LogP contribution in [-0.4, -0.2) is 15.0 Å². The molecule has 16 heavy (non-hydrogen) atoms. The zero-order valence-electron chi connectivity index (χ0n) is 8.81. The van der Waals surface area contributed by atoms with Crippen LogP contribution in [0.5, 0.6) is 0 Å². The molecule has 5 heteroatoms. The number of hydrogen-bond donors (Lipinski definition) is 1. The average molecular weight is 218 g/mol. The van der Waals surface area contributed by atoms with Crippen molar-refractivity contribution < 1.29 is 4.39 Å². The van der Waals surface area contributed by atoms with Crippen molar-refractivity contribution in [2.24, 2.45) is 0 Å². The topological polar surface area (TPSA) is 50.7 Å². The summed E-state index contributed by atoms with van der Waals surface area (Å²) in [4.78, 5) is 10.7. The average Bonchev–Trinajstić information content (AvgIpc) is 2.30. The molecule has 0 atom stereocenters. The lowest BCUT2D eigenvalue weighted by molar-refractivity contribution is 0.534. The monoisotopic (exact) mass is 218 g/mol. The minimum Gasteiger partial charge on any atom is -0.324 e. The lowest BCUT2D eigenvalue weighted by Crippen LogP contribution is -2.02.